The molecule has 42 heavy (non-hydrogen) atoms. The third-order valence-electron chi connectivity index (χ3n) is 7.52. The molecule has 0 atom stereocenters. The van der Waals surface area contributed by atoms with E-state index in [9.17, 15) is 13.2 Å². The fraction of sp³-hybridized carbons (Fsp3) is 0.290. The fourth-order valence-electron chi connectivity index (χ4n) is 5.25. The zero-order valence-electron chi connectivity index (χ0n) is 23.3. The predicted octanol–water partition coefficient (Wildman–Crippen LogP) is 4.02. The van der Waals surface area contributed by atoms with Gasteiger partial charge in [-0.05, 0) is 54.6 Å². The monoisotopic (exact) mass is 588 g/mol. The number of anilines is 2. The molecule has 2 aliphatic heterocycles. The highest BCUT2D eigenvalue weighted by Gasteiger charge is 2.28. The summed E-state index contributed by atoms with van der Waals surface area (Å²) in [6.45, 7) is 3.60. The molecule has 10 nitrogen and oxygen atoms in total. The number of carbonyl (C=O) groups excluding carboxylic acids is 1. The first-order valence-electron chi connectivity index (χ1n) is 13.8. The first-order chi connectivity index (χ1) is 20.4. The molecule has 2 aliphatic rings. The van der Waals surface area contributed by atoms with Crippen molar-refractivity contribution < 1.29 is 27.4 Å². The number of nitrogens with one attached hydrogen (secondary N) is 1. The Morgan fingerprint density at radius 2 is 1.57 bits per heavy atom. The Hall–Kier alpha value is -4.03. The lowest BCUT2D eigenvalue weighted by Gasteiger charge is -2.31. The molecule has 1 N–H and O–H groups in total. The van der Waals surface area contributed by atoms with Crippen molar-refractivity contribution in [1.29, 1.82) is 0 Å². The smallest absolute Gasteiger partial charge is 0.256 e. The van der Waals surface area contributed by atoms with Gasteiger partial charge in [-0.1, -0.05) is 18.2 Å². The minimum absolute atomic E-state index is 0.121. The molecule has 4 aromatic rings. The van der Waals surface area contributed by atoms with Crippen molar-refractivity contribution in [3.8, 4) is 17.0 Å². The second kappa shape index (κ2) is 12.1. The molecule has 3 aromatic carbocycles. The molecule has 0 unspecified atom stereocenters. The third kappa shape index (κ3) is 5.68. The molecule has 3 heterocycles. The van der Waals surface area contributed by atoms with Gasteiger partial charge in [0.15, 0.2) is 0 Å². The second-order valence-electron chi connectivity index (χ2n) is 10.0. The van der Waals surface area contributed by atoms with Gasteiger partial charge in [-0.2, -0.15) is 4.31 Å². The van der Waals surface area contributed by atoms with Crippen molar-refractivity contribution in [1.82, 2.24) is 9.29 Å². The van der Waals surface area contributed by atoms with Gasteiger partial charge in [0.25, 0.3) is 5.91 Å². The number of morpholine rings is 2. The van der Waals surface area contributed by atoms with E-state index in [-0.39, 0.29) is 23.9 Å². The zero-order chi connectivity index (χ0) is 29.1. The van der Waals surface area contributed by atoms with E-state index in [2.05, 4.69) is 10.2 Å². The largest absolute Gasteiger partial charge is 0.497 e. The lowest BCUT2D eigenvalue weighted by molar-refractivity contribution is 0.0730. The van der Waals surface area contributed by atoms with Crippen LogP contribution in [0.2, 0.25) is 0 Å². The third-order valence-corrected chi connectivity index (χ3v) is 9.42. The van der Waals surface area contributed by atoms with Crippen LogP contribution in [0.5, 0.6) is 5.75 Å². The molecule has 11 heteroatoms. The summed E-state index contributed by atoms with van der Waals surface area (Å²) in [7, 11) is -2.17. The highest BCUT2D eigenvalue weighted by atomic mass is 32.2. The SMILES string of the molecule is COc1ccc(-c2cc(C(=O)Nc3cc(S(=O)(=O)N4CCOCC4)ccc3N3CCOCC3)c3ccccc3n2)cc1. The molecule has 0 saturated carbocycles. The topological polar surface area (TPSA) is 110 Å². The van der Waals surface area contributed by atoms with Crippen LogP contribution in [0.3, 0.4) is 0 Å². The number of hydrogen-bond acceptors (Lipinski definition) is 8. The number of benzene rings is 3. The summed E-state index contributed by atoms with van der Waals surface area (Å²) in [4.78, 5) is 21.0. The molecule has 2 saturated heterocycles. The molecule has 0 radical (unpaired) electrons. The number of amides is 1. The van der Waals surface area contributed by atoms with E-state index in [4.69, 9.17) is 19.2 Å². The number of fused-ring (bicyclic) bond motifs is 1. The maximum absolute atomic E-state index is 14.0. The number of pyridine rings is 1. The zero-order valence-corrected chi connectivity index (χ0v) is 24.1. The number of para-hydroxylation sites is 1. The number of nitrogens with zero attached hydrogens (tertiary/aromatic N) is 3. The Kier molecular flexibility index (Phi) is 8.07. The minimum Gasteiger partial charge on any atom is -0.497 e. The predicted molar refractivity (Wildman–Crippen MR) is 161 cm³/mol. The van der Waals surface area contributed by atoms with Crippen LogP contribution in [0.25, 0.3) is 22.2 Å². The van der Waals surface area contributed by atoms with E-state index in [1.165, 1.54) is 4.31 Å². The van der Waals surface area contributed by atoms with Crippen LogP contribution in [0, 0.1) is 0 Å². The van der Waals surface area contributed by atoms with Crippen molar-refractivity contribution >= 4 is 38.2 Å². The van der Waals surface area contributed by atoms with E-state index in [0.717, 1.165) is 17.0 Å². The number of rotatable bonds is 7. The van der Waals surface area contributed by atoms with Gasteiger partial charge in [-0.15, -0.1) is 0 Å². The van der Waals surface area contributed by atoms with Gasteiger partial charge in [0.05, 0.1) is 66.6 Å². The van der Waals surface area contributed by atoms with Gasteiger partial charge in [0.2, 0.25) is 10.0 Å². The highest BCUT2D eigenvalue weighted by Crippen LogP contribution is 2.33. The number of carbonyl (C=O) groups is 1. The van der Waals surface area contributed by atoms with E-state index in [0.29, 0.717) is 67.4 Å². The van der Waals surface area contributed by atoms with Crippen molar-refractivity contribution in [2.75, 3.05) is 69.9 Å². The molecular formula is C31H32N4O6S. The molecule has 218 valence electrons. The van der Waals surface area contributed by atoms with Crippen LogP contribution in [0.15, 0.2) is 77.7 Å². The maximum Gasteiger partial charge on any atom is 0.256 e. The maximum atomic E-state index is 14.0. The molecular weight excluding hydrogens is 556 g/mol. The highest BCUT2D eigenvalue weighted by molar-refractivity contribution is 7.89. The average Bonchev–Trinajstić information content (AvgIpc) is 3.05. The molecule has 6 rings (SSSR count). The van der Waals surface area contributed by atoms with E-state index in [1.54, 1.807) is 31.4 Å². The van der Waals surface area contributed by atoms with Crippen molar-refractivity contribution in [2.45, 2.75) is 4.90 Å². The van der Waals surface area contributed by atoms with Crippen molar-refractivity contribution in [3.63, 3.8) is 0 Å². The van der Waals surface area contributed by atoms with Crippen LogP contribution >= 0.6 is 0 Å². The molecule has 1 aromatic heterocycles. The van der Waals surface area contributed by atoms with E-state index in [1.807, 2.05) is 48.5 Å². The lowest BCUT2D eigenvalue weighted by Crippen LogP contribution is -2.40. The van der Waals surface area contributed by atoms with Crippen molar-refractivity contribution in [2.24, 2.45) is 0 Å². The number of ether oxygens (including phenoxy) is 3. The van der Waals surface area contributed by atoms with Crippen molar-refractivity contribution in [3.05, 3.63) is 78.4 Å². The van der Waals surface area contributed by atoms with Crippen LogP contribution < -0.4 is 15.0 Å². The second-order valence-corrected chi connectivity index (χ2v) is 12.0. The number of methoxy groups -OCH3 is 1. The summed E-state index contributed by atoms with van der Waals surface area (Å²) >= 11 is 0. The van der Waals surface area contributed by atoms with Gasteiger partial charge in [-0.25, -0.2) is 13.4 Å². The number of hydrogen-bond donors (Lipinski definition) is 1. The average molecular weight is 589 g/mol. The molecule has 0 spiro atoms. The first kappa shape index (κ1) is 28.1. The number of sulfonamides is 1. The normalized spacial score (nSPS) is 16.4. The van der Waals surface area contributed by atoms with Gasteiger partial charge in [0, 0.05) is 37.1 Å². The summed E-state index contributed by atoms with van der Waals surface area (Å²) in [5.74, 6) is 0.360. The Morgan fingerprint density at radius 1 is 0.881 bits per heavy atom. The molecule has 0 aliphatic carbocycles. The minimum atomic E-state index is -3.78. The summed E-state index contributed by atoms with van der Waals surface area (Å²) in [6, 6.07) is 21.7. The summed E-state index contributed by atoms with van der Waals surface area (Å²) in [5, 5.41) is 3.74. The van der Waals surface area contributed by atoms with Gasteiger partial charge < -0.3 is 24.4 Å². The Bertz CT molecular complexity index is 1700. The van der Waals surface area contributed by atoms with Crippen LogP contribution in [-0.4, -0.2) is 83.3 Å². The summed E-state index contributed by atoms with van der Waals surface area (Å²) in [6.07, 6.45) is 0. The van der Waals surface area contributed by atoms with E-state index < -0.39 is 10.0 Å². The first-order valence-corrected chi connectivity index (χ1v) is 15.3. The quantitative estimate of drug-likeness (QED) is 0.345. The number of aromatic nitrogens is 1. The standard InChI is InChI=1S/C31H32N4O6S/c1-39-23-8-6-22(7-9-23)28-21-26(25-4-2-3-5-27(25)32-28)31(36)33-29-20-24(42(37,38)35-14-18-41-19-15-35)10-11-30(29)34-12-16-40-17-13-34/h2-11,20-21H,12-19H2,1H3,(H,33,36). The van der Waals surface area contributed by atoms with E-state index >= 15 is 0 Å². The Balaban J connectivity index is 1.40. The Morgan fingerprint density at radius 3 is 2.29 bits per heavy atom. The summed E-state index contributed by atoms with van der Waals surface area (Å²) < 4.78 is 44.6. The Labute approximate surface area is 244 Å². The molecule has 1 amide bonds. The van der Waals surface area contributed by atoms with Crippen LogP contribution in [0.1, 0.15) is 10.4 Å². The van der Waals surface area contributed by atoms with Gasteiger partial charge in [-0.3, -0.25) is 4.79 Å². The van der Waals surface area contributed by atoms with Crippen LogP contribution in [0.4, 0.5) is 11.4 Å². The molecule has 2 fully saturated rings. The van der Waals surface area contributed by atoms with Crippen LogP contribution in [-0.2, 0) is 19.5 Å². The van der Waals surface area contributed by atoms with Gasteiger partial charge in [0.1, 0.15) is 5.75 Å². The van der Waals surface area contributed by atoms with Gasteiger partial charge >= 0.3 is 0 Å². The lowest BCUT2D eigenvalue weighted by atomic mass is 10.0. The fourth-order valence-corrected chi connectivity index (χ4v) is 6.69. The summed E-state index contributed by atoms with van der Waals surface area (Å²) in [5.41, 5.74) is 3.74. The molecule has 0 bridgehead atoms.